The highest BCUT2D eigenvalue weighted by Crippen LogP contribution is 2.40. The van der Waals surface area contributed by atoms with Crippen molar-refractivity contribution in [3.63, 3.8) is 0 Å². The monoisotopic (exact) mass is 568 g/mol. The van der Waals surface area contributed by atoms with E-state index in [0.717, 1.165) is 16.7 Å². The third kappa shape index (κ3) is 8.32. The summed E-state index contributed by atoms with van der Waals surface area (Å²) in [5, 5.41) is 15.6. The Hall–Kier alpha value is -3.35. The number of hydrogen-bond donors (Lipinski definition) is 2. The van der Waals surface area contributed by atoms with Gasteiger partial charge in [-0.1, -0.05) is 76.9 Å². The van der Waals surface area contributed by atoms with E-state index in [1.165, 1.54) is 18.3 Å². The topological polar surface area (TPSA) is 88.0 Å². The molecule has 0 saturated heterocycles. The van der Waals surface area contributed by atoms with Crippen LogP contribution in [0.3, 0.4) is 0 Å². The van der Waals surface area contributed by atoms with Gasteiger partial charge in [0.2, 0.25) is 5.91 Å². The van der Waals surface area contributed by atoms with Crippen LogP contribution in [0.4, 0.5) is 0 Å². The largest absolute Gasteiger partial charge is 0.507 e. The molecule has 8 heteroatoms. The number of halogens is 2. The predicted octanol–water partition coefficient (Wildman–Crippen LogP) is 7.60. The number of carbonyl (C=O) groups is 2. The zero-order valence-electron chi connectivity index (χ0n) is 23.1. The van der Waals surface area contributed by atoms with Gasteiger partial charge in [-0.15, -0.1) is 0 Å². The van der Waals surface area contributed by atoms with Crippen molar-refractivity contribution in [2.45, 2.75) is 65.2 Å². The molecule has 0 aliphatic rings. The summed E-state index contributed by atoms with van der Waals surface area (Å²) < 4.78 is 5.36. The number of benzene rings is 3. The van der Waals surface area contributed by atoms with Gasteiger partial charge in [0.05, 0.1) is 16.8 Å². The first kappa shape index (κ1) is 30.2. The minimum atomic E-state index is -0.594. The smallest absolute Gasteiger partial charge is 0.345 e. The second-order valence-electron chi connectivity index (χ2n) is 11.4. The molecule has 0 spiro atoms. The summed E-state index contributed by atoms with van der Waals surface area (Å²) in [5.41, 5.74) is 5.74. The second kappa shape index (κ2) is 12.2. The molecule has 0 aromatic heterocycles. The van der Waals surface area contributed by atoms with Crippen LogP contribution in [0, 0.1) is 0 Å². The number of rotatable bonds is 7. The van der Waals surface area contributed by atoms with Crippen molar-refractivity contribution in [3.05, 3.63) is 92.5 Å². The van der Waals surface area contributed by atoms with Crippen molar-refractivity contribution in [2.24, 2.45) is 5.10 Å². The molecule has 0 saturated carbocycles. The Morgan fingerprint density at radius 1 is 0.923 bits per heavy atom. The van der Waals surface area contributed by atoms with E-state index >= 15 is 0 Å². The quantitative estimate of drug-likeness (QED) is 0.133. The molecule has 0 atom stereocenters. The van der Waals surface area contributed by atoms with E-state index in [9.17, 15) is 14.7 Å². The SMILES string of the molecule is CC(C)(C)c1cc(CCC(=O)N/N=C\c2ccc(OC(=O)c3ccc(Cl)cc3Cl)cc2)cc(C(C)(C)C)c1O. The van der Waals surface area contributed by atoms with E-state index in [-0.39, 0.29) is 33.7 Å². The van der Waals surface area contributed by atoms with Gasteiger partial charge >= 0.3 is 5.97 Å². The molecule has 0 bridgehead atoms. The summed E-state index contributed by atoms with van der Waals surface area (Å²) >= 11 is 11.9. The van der Waals surface area contributed by atoms with Gasteiger partial charge in [-0.05, 0) is 82.0 Å². The lowest BCUT2D eigenvalue weighted by Crippen LogP contribution is -2.20. The molecule has 0 heterocycles. The van der Waals surface area contributed by atoms with Crippen molar-refractivity contribution in [1.29, 1.82) is 0 Å². The van der Waals surface area contributed by atoms with Crippen molar-refractivity contribution in [1.82, 2.24) is 5.43 Å². The number of esters is 1. The lowest BCUT2D eigenvalue weighted by Gasteiger charge is -2.28. The maximum Gasteiger partial charge on any atom is 0.345 e. The van der Waals surface area contributed by atoms with Gasteiger partial charge in [0.1, 0.15) is 11.5 Å². The van der Waals surface area contributed by atoms with E-state index in [1.807, 2.05) is 12.1 Å². The molecule has 39 heavy (non-hydrogen) atoms. The molecule has 0 unspecified atom stereocenters. The van der Waals surface area contributed by atoms with Gasteiger partial charge in [0.15, 0.2) is 0 Å². The summed E-state index contributed by atoms with van der Waals surface area (Å²) in [6, 6.07) is 15.2. The highest BCUT2D eigenvalue weighted by Gasteiger charge is 2.26. The van der Waals surface area contributed by atoms with Gasteiger partial charge < -0.3 is 9.84 Å². The van der Waals surface area contributed by atoms with Gasteiger partial charge in [-0.2, -0.15) is 5.10 Å². The molecule has 6 nitrogen and oxygen atoms in total. The number of aromatic hydroxyl groups is 1. The molecule has 0 fully saturated rings. The summed E-state index contributed by atoms with van der Waals surface area (Å²) in [6.07, 6.45) is 2.28. The van der Waals surface area contributed by atoms with Crippen LogP contribution in [0.5, 0.6) is 11.5 Å². The lowest BCUT2D eigenvalue weighted by molar-refractivity contribution is -0.121. The number of phenols is 1. The Kier molecular flexibility index (Phi) is 9.47. The molecule has 206 valence electrons. The number of ether oxygens (including phenoxy) is 1. The second-order valence-corrected chi connectivity index (χ2v) is 12.3. The molecular weight excluding hydrogens is 535 g/mol. The van der Waals surface area contributed by atoms with E-state index < -0.39 is 5.97 Å². The zero-order valence-corrected chi connectivity index (χ0v) is 24.6. The summed E-state index contributed by atoms with van der Waals surface area (Å²) in [5.74, 6) is -0.157. The Bertz CT molecular complexity index is 1350. The normalized spacial score (nSPS) is 12.0. The molecule has 3 aromatic carbocycles. The third-order valence-corrected chi connectivity index (χ3v) is 6.62. The number of carbonyl (C=O) groups excluding carboxylic acids is 2. The van der Waals surface area contributed by atoms with Crippen molar-refractivity contribution in [3.8, 4) is 11.5 Å². The van der Waals surface area contributed by atoms with Crippen LogP contribution >= 0.6 is 23.2 Å². The number of hydrazone groups is 1. The Balaban J connectivity index is 1.58. The van der Waals surface area contributed by atoms with E-state index in [4.69, 9.17) is 27.9 Å². The standard InChI is InChI=1S/C31H34Cl2N2O4/c1-30(2,3)24-15-20(16-25(28(24)37)31(4,5)6)9-14-27(36)35-34-18-19-7-11-22(12-8-19)39-29(38)23-13-10-21(32)17-26(23)33/h7-8,10-13,15-18,37H,9,14H2,1-6H3,(H,35,36)/b34-18-. The van der Waals surface area contributed by atoms with Gasteiger partial charge in [-0.3, -0.25) is 4.79 Å². The van der Waals surface area contributed by atoms with Crippen LogP contribution in [-0.4, -0.2) is 23.2 Å². The lowest BCUT2D eigenvalue weighted by atomic mass is 9.78. The molecule has 0 radical (unpaired) electrons. The first-order valence-corrected chi connectivity index (χ1v) is 13.4. The summed E-state index contributed by atoms with van der Waals surface area (Å²) in [7, 11) is 0. The molecule has 2 N–H and O–H groups in total. The van der Waals surface area contributed by atoms with Crippen LogP contribution in [0.2, 0.25) is 10.0 Å². The first-order valence-electron chi connectivity index (χ1n) is 12.6. The van der Waals surface area contributed by atoms with Crippen LogP contribution in [0.25, 0.3) is 0 Å². The molecule has 0 aliphatic heterocycles. The van der Waals surface area contributed by atoms with E-state index in [0.29, 0.717) is 28.5 Å². The predicted molar refractivity (Wildman–Crippen MR) is 157 cm³/mol. The molecular formula is C31H34Cl2N2O4. The van der Waals surface area contributed by atoms with Gasteiger partial charge in [0.25, 0.3) is 0 Å². The minimum Gasteiger partial charge on any atom is -0.507 e. The van der Waals surface area contributed by atoms with Crippen molar-refractivity contribution in [2.75, 3.05) is 0 Å². The fourth-order valence-electron chi connectivity index (χ4n) is 3.91. The highest BCUT2D eigenvalue weighted by molar-refractivity contribution is 6.36. The average Bonchev–Trinajstić information content (AvgIpc) is 2.83. The van der Waals surface area contributed by atoms with Crippen LogP contribution in [-0.2, 0) is 22.0 Å². The zero-order chi connectivity index (χ0) is 29.0. The Morgan fingerprint density at radius 2 is 1.51 bits per heavy atom. The van der Waals surface area contributed by atoms with Crippen LogP contribution in [0.1, 0.15) is 80.6 Å². The van der Waals surface area contributed by atoms with Gasteiger partial charge in [-0.25, -0.2) is 10.2 Å². The van der Waals surface area contributed by atoms with Gasteiger partial charge in [0, 0.05) is 11.4 Å². The van der Waals surface area contributed by atoms with Crippen LogP contribution in [0.15, 0.2) is 59.7 Å². The average molecular weight is 570 g/mol. The highest BCUT2D eigenvalue weighted by atomic mass is 35.5. The fourth-order valence-corrected chi connectivity index (χ4v) is 4.40. The summed E-state index contributed by atoms with van der Waals surface area (Å²) in [4.78, 5) is 24.8. The number of nitrogens with one attached hydrogen (secondary N) is 1. The first-order chi connectivity index (χ1) is 18.1. The maximum atomic E-state index is 12.4. The molecule has 0 aliphatic carbocycles. The van der Waals surface area contributed by atoms with E-state index in [1.54, 1.807) is 30.3 Å². The molecule has 3 rings (SSSR count). The number of amides is 1. The van der Waals surface area contributed by atoms with E-state index in [2.05, 4.69) is 52.1 Å². The van der Waals surface area contributed by atoms with Crippen molar-refractivity contribution >= 4 is 41.3 Å². The van der Waals surface area contributed by atoms with Crippen LogP contribution < -0.4 is 10.2 Å². The fraction of sp³-hybridized carbons (Fsp3) is 0.323. The molecule has 3 aromatic rings. The summed E-state index contributed by atoms with van der Waals surface area (Å²) in [6.45, 7) is 12.4. The Morgan fingerprint density at radius 3 is 2.05 bits per heavy atom. The molecule has 1 amide bonds. The Labute approximate surface area is 240 Å². The number of hydrogen-bond acceptors (Lipinski definition) is 5. The maximum absolute atomic E-state index is 12.4. The number of phenolic OH excluding ortho intramolecular Hbond substituents is 1. The van der Waals surface area contributed by atoms with Crippen molar-refractivity contribution < 1.29 is 19.4 Å². The third-order valence-electron chi connectivity index (χ3n) is 6.07. The number of aryl methyl sites for hydroxylation is 1. The number of nitrogens with zero attached hydrogens (tertiary/aromatic N) is 1. The minimum absolute atomic E-state index is 0.210.